The van der Waals surface area contributed by atoms with Gasteiger partial charge >= 0.3 is 6.03 Å². The number of aromatic amines is 1. The second-order valence-electron chi connectivity index (χ2n) is 4.30. The summed E-state index contributed by atoms with van der Waals surface area (Å²) in [5.41, 5.74) is 6.62. The molecule has 106 valence electrons. The molecule has 0 atom stereocenters. The Kier molecular flexibility index (Phi) is 4.29. The normalized spacial score (nSPS) is 10.7. The summed E-state index contributed by atoms with van der Waals surface area (Å²) in [5.74, 6) is 1.33. The molecular formula is C13H16N4O2S. The minimum absolute atomic E-state index is 0.178. The summed E-state index contributed by atoms with van der Waals surface area (Å²) in [6.07, 6.45) is 0. The molecule has 0 spiro atoms. The lowest BCUT2D eigenvalue weighted by Gasteiger charge is -2.18. The predicted octanol–water partition coefficient (Wildman–Crippen LogP) is 1.78. The molecule has 7 heteroatoms. The van der Waals surface area contributed by atoms with E-state index in [0.29, 0.717) is 23.3 Å². The zero-order chi connectivity index (χ0) is 14.7. The van der Waals surface area contributed by atoms with Crippen LogP contribution in [0.4, 0.5) is 4.79 Å². The Morgan fingerprint density at radius 2 is 2.25 bits per heavy atom. The van der Waals surface area contributed by atoms with E-state index in [1.54, 1.807) is 19.1 Å². The molecule has 3 N–H and O–H groups in total. The van der Waals surface area contributed by atoms with Gasteiger partial charge in [-0.15, -0.1) is 0 Å². The van der Waals surface area contributed by atoms with E-state index >= 15 is 0 Å². The van der Waals surface area contributed by atoms with Crippen LogP contribution < -0.4 is 11.3 Å². The maximum atomic E-state index is 11.9. The van der Waals surface area contributed by atoms with Gasteiger partial charge in [0.25, 0.3) is 5.56 Å². The summed E-state index contributed by atoms with van der Waals surface area (Å²) < 4.78 is 1.47. The van der Waals surface area contributed by atoms with E-state index in [0.717, 1.165) is 11.3 Å². The zero-order valence-electron chi connectivity index (χ0n) is 11.3. The van der Waals surface area contributed by atoms with Gasteiger partial charge in [-0.2, -0.15) is 0 Å². The van der Waals surface area contributed by atoms with Gasteiger partial charge in [0.05, 0.1) is 17.4 Å². The highest BCUT2D eigenvalue weighted by Gasteiger charge is 2.11. The second-order valence-corrected chi connectivity index (χ2v) is 5.57. The van der Waals surface area contributed by atoms with Gasteiger partial charge in [0.1, 0.15) is 5.82 Å². The Balaban J connectivity index is 2.36. The van der Waals surface area contributed by atoms with Crippen LogP contribution in [0.1, 0.15) is 18.3 Å². The summed E-state index contributed by atoms with van der Waals surface area (Å²) >= 11 is 1.35. The van der Waals surface area contributed by atoms with E-state index in [9.17, 15) is 9.59 Å². The number of nitrogens with two attached hydrogens (primary N) is 1. The van der Waals surface area contributed by atoms with Crippen LogP contribution >= 0.6 is 11.9 Å². The molecular weight excluding hydrogens is 276 g/mol. The summed E-state index contributed by atoms with van der Waals surface area (Å²) in [5, 5.41) is 0.513. The van der Waals surface area contributed by atoms with Gasteiger partial charge in [0, 0.05) is 5.75 Å². The first kappa shape index (κ1) is 14.4. The molecule has 0 aliphatic heterocycles. The van der Waals surface area contributed by atoms with Crippen molar-refractivity contribution in [3.8, 4) is 0 Å². The Hall–Kier alpha value is -2.02. The average molecular weight is 292 g/mol. The van der Waals surface area contributed by atoms with Gasteiger partial charge in [0.15, 0.2) is 0 Å². The topological polar surface area (TPSA) is 92.1 Å². The van der Waals surface area contributed by atoms with Crippen molar-refractivity contribution in [2.45, 2.75) is 20.4 Å². The first-order chi connectivity index (χ1) is 9.51. The van der Waals surface area contributed by atoms with Crippen LogP contribution in [-0.2, 0) is 6.54 Å². The van der Waals surface area contributed by atoms with Crippen LogP contribution in [0.3, 0.4) is 0 Å². The number of aryl methyl sites for hydroxylation is 1. The smallest absolute Gasteiger partial charge is 0.325 e. The highest BCUT2D eigenvalue weighted by Crippen LogP contribution is 2.17. The van der Waals surface area contributed by atoms with Crippen LogP contribution in [0, 0.1) is 6.92 Å². The van der Waals surface area contributed by atoms with Crippen molar-refractivity contribution in [3.63, 3.8) is 0 Å². The number of aromatic nitrogens is 2. The first-order valence-corrected chi connectivity index (χ1v) is 7.15. The second kappa shape index (κ2) is 5.96. The fraction of sp³-hybridized carbons (Fsp3) is 0.308. The Labute approximate surface area is 120 Å². The SMILES string of the molecule is CCSN(Cc1ccc2nc(C)[nH]c(=O)c2c1)C(N)=O. The number of primary amides is 1. The number of benzene rings is 1. The van der Waals surface area contributed by atoms with Crippen LogP contribution in [0.25, 0.3) is 10.9 Å². The number of fused-ring (bicyclic) bond motifs is 1. The third-order valence-corrected chi connectivity index (χ3v) is 3.62. The number of rotatable bonds is 4. The van der Waals surface area contributed by atoms with Crippen molar-refractivity contribution in [2.75, 3.05) is 5.75 Å². The first-order valence-electron chi connectivity index (χ1n) is 6.20. The molecule has 0 saturated carbocycles. The molecule has 2 aromatic rings. The standard InChI is InChI=1S/C13H16N4O2S/c1-3-20-17(13(14)19)7-9-4-5-11-10(6-9)12(18)16-8(2)15-11/h4-6H,3,7H2,1-2H3,(H2,14,19)(H,15,16,18). The quantitative estimate of drug-likeness (QED) is 0.840. The number of urea groups is 1. The van der Waals surface area contributed by atoms with Crippen LogP contribution in [0.15, 0.2) is 23.0 Å². The number of hydrogen-bond acceptors (Lipinski definition) is 4. The van der Waals surface area contributed by atoms with Gasteiger partial charge < -0.3 is 10.7 Å². The highest BCUT2D eigenvalue weighted by molar-refractivity contribution is 7.97. The van der Waals surface area contributed by atoms with Gasteiger partial charge in [0.2, 0.25) is 0 Å². The third kappa shape index (κ3) is 3.11. The minimum atomic E-state index is -0.493. The zero-order valence-corrected chi connectivity index (χ0v) is 12.2. The molecule has 0 saturated heterocycles. The van der Waals surface area contributed by atoms with E-state index in [1.165, 1.54) is 16.3 Å². The molecule has 1 aromatic carbocycles. The molecule has 2 rings (SSSR count). The van der Waals surface area contributed by atoms with Crippen molar-refractivity contribution in [1.82, 2.24) is 14.3 Å². The lowest BCUT2D eigenvalue weighted by Crippen LogP contribution is -2.29. The molecule has 0 aliphatic rings. The van der Waals surface area contributed by atoms with Crippen molar-refractivity contribution in [2.24, 2.45) is 5.73 Å². The molecule has 6 nitrogen and oxygen atoms in total. The maximum absolute atomic E-state index is 11.9. The Bertz CT molecular complexity index is 698. The van der Waals surface area contributed by atoms with E-state index in [2.05, 4.69) is 9.97 Å². The largest absolute Gasteiger partial charge is 0.351 e. The number of carbonyl (C=O) groups excluding carboxylic acids is 1. The number of carbonyl (C=O) groups is 1. The molecule has 0 unspecified atom stereocenters. The fourth-order valence-corrected chi connectivity index (χ4v) is 2.59. The molecule has 2 amide bonds. The van der Waals surface area contributed by atoms with E-state index < -0.39 is 6.03 Å². The van der Waals surface area contributed by atoms with Gasteiger partial charge in [-0.05, 0) is 36.6 Å². The fourth-order valence-electron chi connectivity index (χ4n) is 1.91. The minimum Gasteiger partial charge on any atom is -0.351 e. The monoisotopic (exact) mass is 292 g/mol. The molecule has 20 heavy (non-hydrogen) atoms. The average Bonchev–Trinajstić information content (AvgIpc) is 2.38. The molecule has 1 heterocycles. The van der Waals surface area contributed by atoms with Crippen LogP contribution in [-0.4, -0.2) is 26.1 Å². The lowest BCUT2D eigenvalue weighted by atomic mass is 10.1. The van der Waals surface area contributed by atoms with Gasteiger partial charge in [-0.3, -0.25) is 9.10 Å². The lowest BCUT2D eigenvalue weighted by molar-refractivity contribution is 0.234. The van der Waals surface area contributed by atoms with E-state index in [-0.39, 0.29) is 5.56 Å². The summed E-state index contributed by atoms with van der Waals surface area (Å²) in [7, 11) is 0. The Morgan fingerprint density at radius 1 is 1.50 bits per heavy atom. The van der Waals surface area contributed by atoms with Crippen molar-refractivity contribution in [1.29, 1.82) is 0 Å². The van der Waals surface area contributed by atoms with Crippen LogP contribution in [0.2, 0.25) is 0 Å². The molecule has 1 aromatic heterocycles. The molecule has 0 radical (unpaired) electrons. The Morgan fingerprint density at radius 3 is 2.90 bits per heavy atom. The van der Waals surface area contributed by atoms with Crippen LogP contribution in [0.5, 0.6) is 0 Å². The van der Waals surface area contributed by atoms with E-state index in [1.807, 2.05) is 13.0 Å². The molecule has 0 bridgehead atoms. The van der Waals surface area contributed by atoms with Crippen molar-refractivity contribution >= 4 is 28.9 Å². The maximum Gasteiger partial charge on any atom is 0.325 e. The number of nitrogens with one attached hydrogen (secondary N) is 1. The summed E-state index contributed by atoms with van der Waals surface area (Å²) in [6.45, 7) is 4.04. The predicted molar refractivity (Wildman–Crippen MR) is 80.4 cm³/mol. The highest BCUT2D eigenvalue weighted by atomic mass is 32.2. The summed E-state index contributed by atoms with van der Waals surface area (Å²) in [4.78, 5) is 30.1. The third-order valence-electron chi connectivity index (χ3n) is 2.75. The number of H-pyrrole nitrogens is 1. The van der Waals surface area contributed by atoms with Gasteiger partial charge in [-0.25, -0.2) is 9.78 Å². The van der Waals surface area contributed by atoms with Gasteiger partial charge in [-0.1, -0.05) is 13.0 Å². The molecule has 0 aliphatic carbocycles. The van der Waals surface area contributed by atoms with Crippen molar-refractivity contribution < 1.29 is 4.79 Å². The van der Waals surface area contributed by atoms with E-state index in [4.69, 9.17) is 5.73 Å². The number of nitrogens with zero attached hydrogens (tertiary/aromatic N) is 2. The molecule has 0 fully saturated rings. The number of amides is 2. The van der Waals surface area contributed by atoms with Crippen molar-refractivity contribution in [3.05, 3.63) is 39.9 Å². The summed E-state index contributed by atoms with van der Waals surface area (Å²) in [6, 6.07) is 4.88. The number of hydrogen-bond donors (Lipinski definition) is 2.